The molecular weight excluding hydrogens is 140 g/mol. The zero-order valence-corrected chi connectivity index (χ0v) is 5.77. The van der Waals surface area contributed by atoms with E-state index in [9.17, 15) is 0 Å². The molecule has 74 valence electrons. The van der Waals surface area contributed by atoms with Gasteiger partial charge in [-0.25, -0.2) is 0 Å². The molecule has 0 aromatic rings. The number of rotatable bonds is 2. The molecule has 1 N–H and O–H groups in total. The first-order valence-corrected chi connectivity index (χ1v) is 2.81. The van der Waals surface area contributed by atoms with E-state index in [0.717, 1.165) is 0 Å². The Morgan fingerprint density at radius 2 is 1.45 bits per heavy atom. The van der Waals surface area contributed by atoms with Crippen molar-refractivity contribution in [1.82, 2.24) is 0 Å². The van der Waals surface area contributed by atoms with Crippen LogP contribution < -0.4 is 0 Å². The molecule has 0 heterocycles. The lowest BCUT2D eigenvalue weighted by Gasteiger charge is -2.18. The van der Waals surface area contributed by atoms with Crippen molar-refractivity contribution in [3.05, 3.63) is 0 Å². The highest BCUT2D eigenvalue weighted by molar-refractivity contribution is 4.57. The minimum atomic E-state index is -0.108. The van der Waals surface area contributed by atoms with Crippen LogP contribution in [-0.2, 0) is 4.74 Å². The molecule has 0 saturated heterocycles. The molecule has 0 unspecified atom stereocenters. The van der Waals surface area contributed by atoms with Gasteiger partial charge < -0.3 is 9.84 Å². The third kappa shape index (κ3) is 25.7. The largest absolute Gasteiger partial charge is 0.394 e. The molecule has 0 saturated carbocycles. The molecule has 0 aliphatic rings. The first-order chi connectivity index (χ1) is 3.56. The van der Waals surface area contributed by atoms with Crippen molar-refractivity contribution < 1.29 is 9.84 Å². The normalized spacial score (nSPS) is 8.73. The summed E-state index contributed by atoms with van der Waals surface area (Å²) in [4.78, 5) is 0. The summed E-state index contributed by atoms with van der Waals surface area (Å²) in [7, 11) is 0. The predicted octanol–water partition coefficient (Wildman–Crippen LogP) is 2.70. The fourth-order valence-corrected chi connectivity index (χ4v) is 0.352. The van der Waals surface area contributed by atoms with E-state index >= 15 is 0 Å². The van der Waals surface area contributed by atoms with Crippen LogP contribution in [0.15, 0.2) is 0 Å². The van der Waals surface area contributed by atoms with Crippen LogP contribution in [-0.4, -0.2) is 23.9 Å². The van der Waals surface area contributed by atoms with E-state index in [4.69, 9.17) is 9.84 Å². The second kappa shape index (κ2) is 9.92. The quantitative estimate of drug-likeness (QED) is 0.683. The van der Waals surface area contributed by atoms with E-state index in [-0.39, 0.29) is 34.5 Å². The predicted molar refractivity (Wildman–Crippen MR) is 53.0 cm³/mol. The van der Waals surface area contributed by atoms with E-state index in [0.29, 0.717) is 6.61 Å². The highest BCUT2D eigenvalue weighted by Gasteiger charge is 2.07. The molecule has 0 amide bonds. The zero-order chi connectivity index (χ0) is 6.62. The summed E-state index contributed by atoms with van der Waals surface area (Å²) in [6, 6.07) is 0. The lowest BCUT2D eigenvalue weighted by atomic mass is 10.2. The second-order valence-corrected chi connectivity index (χ2v) is 2.68. The maximum absolute atomic E-state index is 8.30. The molecule has 11 heavy (non-hydrogen) atoms. The van der Waals surface area contributed by atoms with Gasteiger partial charge in [-0.2, -0.15) is 0 Å². The van der Waals surface area contributed by atoms with Crippen molar-refractivity contribution in [2.24, 2.45) is 0 Å². The van der Waals surface area contributed by atoms with Gasteiger partial charge in [-0.3, -0.25) is 0 Å². The summed E-state index contributed by atoms with van der Waals surface area (Å²) in [5.74, 6) is 0. The van der Waals surface area contributed by atoms with Gasteiger partial charge in [-0.1, -0.05) is 22.3 Å². The van der Waals surface area contributed by atoms with Gasteiger partial charge in [0.25, 0.3) is 0 Å². The van der Waals surface area contributed by atoms with Crippen LogP contribution in [0, 0.1) is 0 Å². The molecule has 0 spiro atoms. The molecule has 2 nitrogen and oxygen atoms in total. The Kier molecular flexibility index (Phi) is 20.2. The van der Waals surface area contributed by atoms with Crippen LogP contribution >= 0.6 is 0 Å². The fourth-order valence-electron chi connectivity index (χ4n) is 0.352. The van der Waals surface area contributed by atoms with E-state index in [1.54, 1.807) is 0 Å². The maximum Gasteiger partial charge on any atom is 0.0704 e. The summed E-state index contributed by atoms with van der Waals surface area (Å²) in [6.07, 6.45) is 0. The Balaban J connectivity index is -0.0000000817. The molecule has 0 radical (unpaired) electrons. The molecule has 0 atom stereocenters. The molecule has 0 bridgehead atoms. The van der Waals surface area contributed by atoms with Crippen molar-refractivity contribution in [2.45, 2.75) is 48.7 Å². The third-order valence-corrected chi connectivity index (χ3v) is 0.626. The molecule has 0 aromatic heterocycles. The monoisotopic (exact) mass is 166 g/mol. The first-order valence-electron chi connectivity index (χ1n) is 2.81. The standard InChI is InChI=1S/C6H14O2.3CH4/c1-6(2,3)8-5-4-7;;;/h7H,4-5H2,1-3H3;3*1H4. The molecule has 0 rings (SSSR count). The number of hydrogen-bond acceptors (Lipinski definition) is 2. The molecular formula is C9H26O2. The minimum absolute atomic E-state index is 0. The van der Waals surface area contributed by atoms with E-state index in [1.807, 2.05) is 20.8 Å². The van der Waals surface area contributed by atoms with Crippen molar-refractivity contribution in [1.29, 1.82) is 0 Å². The van der Waals surface area contributed by atoms with Crippen molar-refractivity contribution >= 4 is 0 Å². The number of ether oxygens (including phenoxy) is 1. The van der Waals surface area contributed by atoms with Gasteiger partial charge in [0.05, 0.1) is 18.8 Å². The molecule has 0 aromatic carbocycles. The van der Waals surface area contributed by atoms with Gasteiger partial charge in [0.1, 0.15) is 0 Å². The SMILES string of the molecule is C.C.C.CC(C)(C)OCCO. The minimum Gasteiger partial charge on any atom is -0.394 e. The Hall–Kier alpha value is -0.0800. The third-order valence-electron chi connectivity index (χ3n) is 0.626. The van der Waals surface area contributed by atoms with Gasteiger partial charge in [0, 0.05) is 0 Å². The summed E-state index contributed by atoms with van der Waals surface area (Å²) in [6.45, 7) is 6.43. The van der Waals surface area contributed by atoms with Crippen LogP contribution in [0.2, 0.25) is 0 Å². The maximum atomic E-state index is 8.30. The van der Waals surface area contributed by atoms with E-state index < -0.39 is 0 Å². The molecule has 0 fully saturated rings. The van der Waals surface area contributed by atoms with Crippen molar-refractivity contribution in [3.63, 3.8) is 0 Å². The molecule has 0 aliphatic carbocycles. The van der Waals surface area contributed by atoms with Crippen LogP contribution in [0.4, 0.5) is 0 Å². The molecule has 2 heteroatoms. The highest BCUT2D eigenvalue weighted by atomic mass is 16.5. The van der Waals surface area contributed by atoms with Gasteiger partial charge in [-0.05, 0) is 20.8 Å². The van der Waals surface area contributed by atoms with Gasteiger partial charge in [-0.15, -0.1) is 0 Å². The Morgan fingerprint density at radius 3 is 1.55 bits per heavy atom. The number of aliphatic hydroxyl groups excluding tert-OH is 1. The summed E-state index contributed by atoms with van der Waals surface area (Å²) in [5, 5.41) is 8.30. The van der Waals surface area contributed by atoms with E-state index in [1.165, 1.54) is 0 Å². The van der Waals surface area contributed by atoms with Gasteiger partial charge in [0.2, 0.25) is 0 Å². The lowest BCUT2D eigenvalue weighted by Crippen LogP contribution is -2.20. The smallest absolute Gasteiger partial charge is 0.0704 e. The summed E-state index contributed by atoms with van der Waals surface area (Å²) >= 11 is 0. The van der Waals surface area contributed by atoms with Gasteiger partial charge in [0.15, 0.2) is 0 Å². The van der Waals surface area contributed by atoms with Crippen LogP contribution in [0.25, 0.3) is 0 Å². The van der Waals surface area contributed by atoms with Crippen molar-refractivity contribution in [3.8, 4) is 0 Å². The lowest BCUT2D eigenvalue weighted by molar-refractivity contribution is -0.0199. The molecule has 0 aliphatic heterocycles. The second-order valence-electron chi connectivity index (χ2n) is 2.68. The zero-order valence-electron chi connectivity index (χ0n) is 5.77. The Labute approximate surface area is 72.6 Å². The number of aliphatic hydroxyl groups is 1. The van der Waals surface area contributed by atoms with Crippen molar-refractivity contribution in [2.75, 3.05) is 13.2 Å². The summed E-state index contributed by atoms with van der Waals surface area (Å²) < 4.78 is 5.13. The van der Waals surface area contributed by atoms with Gasteiger partial charge >= 0.3 is 0 Å². The fraction of sp³-hybridized carbons (Fsp3) is 1.00. The van der Waals surface area contributed by atoms with Crippen LogP contribution in [0.3, 0.4) is 0 Å². The first kappa shape index (κ1) is 22.4. The highest BCUT2D eigenvalue weighted by Crippen LogP contribution is 2.04. The Bertz CT molecular complexity index is 55.1. The van der Waals surface area contributed by atoms with Crippen LogP contribution in [0.1, 0.15) is 43.1 Å². The average molecular weight is 166 g/mol. The summed E-state index contributed by atoms with van der Waals surface area (Å²) in [5.41, 5.74) is -0.108. The number of hydrogen-bond donors (Lipinski definition) is 1. The topological polar surface area (TPSA) is 29.5 Å². The van der Waals surface area contributed by atoms with Crippen LogP contribution in [0.5, 0.6) is 0 Å². The Morgan fingerprint density at radius 1 is 1.09 bits per heavy atom. The van der Waals surface area contributed by atoms with E-state index in [2.05, 4.69) is 0 Å². The average Bonchev–Trinajstić information content (AvgIpc) is 1.59.